The second kappa shape index (κ2) is 9.49. The summed E-state index contributed by atoms with van der Waals surface area (Å²) in [5, 5.41) is 13.2. The molecule has 0 saturated carbocycles. The highest BCUT2D eigenvalue weighted by atomic mass is 16.5. The summed E-state index contributed by atoms with van der Waals surface area (Å²) in [6.07, 6.45) is 0.00582. The first-order valence-corrected chi connectivity index (χ1v) is 6.95. The lowest BCUT2D eigenvalue weighted by molar-refractivity contribution is -0.136. The van der Waals surface area contributed by atoms with Crippen LogP contribution in [0.25, 0.3) is 0 Å². The Balaban J connectivity index is 2.28. The molecule has 0 aliphatic rings. The molecule has 0 bridgehead atoms. The first kappa shape index (κ1) is 17.6. The van der Waals surface area contributed by atoms with Crippen LogP contribution in [0.4, 0.5) is 0 Å². The number of aliphatic carboxylic acids is 1. The molecule has 7 heteroatoms. The largest absolute Gasteiger partial charge is 0.481 e. The minimum absolute atomic E-state index is 0.00582. The molecule has 1 N–H and O–H groups in total. The molecule has 0 aliphatic heterocycles. The number of aryl methyl sites for hydroxylation is 1. The van der Waals surface area contributed by atoms with Gasteiger partial charge in [0.2, 0.25) is 0 Å². The first-order chi connectivity index (χ1) is 10.1. The van der Waals surface area contributed by atoms with Gasteiger partial charge in [-0.3, -0.25) is 9.48 Å². The highest BCUT2D eigenvalue weighted by Gasteiger charge is 2.13. The Morgan fingerprint density at radius 3 is 2.38 bits per heavy atom. The van der Waals surface area contributed by atoms with Crippen LogP contribution in [0.15, 0.2) is 0 Å². The Morgan fingerprint density at radius 2 is 1.76 bits per heavy atom. The third-order valence-electron chi connectivity index (χ3n) is 3.11. The number of ether oxygens (including phenoxy) is 3. The number of rotatable bonds is 11. The summed E-state index contributed by atoms with van der Waals surface area (Å²) in [6.45, 7) is 7.02. The van der Waals surface area contributed by atoms with Crippen molar-refractivity contribution in [3.63, 3.8) is 0 Å². The SMILES string of the molecule is COCCOCCOCCn1nc(C)c(CC(=O)O)c1C. The standard InChI is InChI=1S/C14H24N2O5/c1-11-13(10-14(17)18)12(2)16(15-11)4-5-20-8-9-21-7-6-19-3/h4-10H2,1-3H3,(H,17,18). The predicted molar refractivity (Wildman–Crippen MR) is 76.6 cm³/mol. The van der Waals surface area contributed by atoms with Crippen LogP contribution in [0.1, 0.15) is 17.0 Å². The summed E-state index contributed by atoms with van der Waals surface area (Å²) in [4.78, 5) is 10.8. The number of hydrogen-bond acceptors (Lipinski definition) is 5. The molecule has 7 nitrogen and oxygen atoms in total. The van der Waals surface area contributed by atoms with Gasteiger partial charge in [-0.1, -0.05) is 0 Å². The van der Waals surface area contributed by atoms with E-state index in [9.17, 15) is 4.79 Å². The van der Waals surface area contributed by atoms with Crippen molar-refractivity contribution in [2.24, 2.45) is 0 Å². The van der Waals surface area contributed by atoms with E-state index >= 15 is 0 Å². The summed E-state index contributed by atoms with van der Waals surface area (Å²) in [5.41, 5.74) is 2.43. The topological polar surface area (TPSA) is 82.8 Å². The van der Waals surface area contributed by atoms with Crippen LogP contribution in [0.5, 0.6) is 0 Å². The number of carboxylic acids is 1. The van der Waals surface area contributed by atoms with Gasteiger partial charge in [-0.15, -0.1) is 0 Å². The molecule has 1 heterocycles. The van der Waals surface area contributed by atoms with E-state index in [2.05, 4.69) is 5.10 Å². The molecule has 1 rings (SSSR count). The van der Waals surface area contributed by atoms with E-state index in [0.717, 1.165) is 17.0 Å². The maximum Gasteiger partial charge on any atom is 0.307 e. The van der Waals surface area contributed by atoms with Crippen molar-refractivity contribution in [2.75, 3.05) is 40.1 Å². The molecule has 0 unspecified atom stereocenters. The van der Waals surface area contributed by atoms with E-state index in [4.69, 9.17) is 19.3 Å². The molecule has 0 fully saturated rings. The quantitative estimate of drug-likeness (QED) is 0.609. The normalized spacial score (nSPS) is 11.0. The van der Waals surface area contributed by atoms with Crippen LogP contribution in [0, 0.1) is 13.8 Å². The molecule has 21 heavy (non-hydrogen) atoms. The van der Waals surface area contributed by atoms with Crippen molar-refractivity contribution in [2.45, 2.75) is 26.8 Å². The van der Waals surface area contributed by atoms with Gasteiger partial charge in [0.05, 0.1) is 51.7 Å². The van der Waals surface area contributed by atoms with Gasteiger partial charge in [-0.05, 0) is 13.8 Å². The summed E-state index contributed by atoms with van der Waals surface area (Å²) >= 11 is 0. The summed E-state index contributed by atoms with van der Waals surface area (Å²) in [6, 6.07) is 0. The van der Waals surface area contributed by atoms with Crippen LogP contribution in [-0.4, -0.2) is 61.0 Å². The van der Waals surface area contributed by atoms with E-state index in [1.165, 1.54) is 0 Å². The van der Waals surface area contributed by atoms with Crippen molar-refractivity contribution >= 4 is 5.97 Å². The smallest absolute Gasteiger partial charge is 0.307 e. The maximum atomic E-state index is 10.8. The van der Waals surface area contributed by atoms with E-state index in [-0.39, 0.29) is 6.42 Å². The van der Waals surface area contributed by atoms with E-state index < -0.39 is 5.97 Å². The van der Waals surface area contributed by atoms with Gasteiger partial charge < -0.3 is 19.3 Å². The highest BCUT2D eigenvalue weighted by molar-refractivity contribution is 5.70. The Morgan fingerprint density at radius 1 is 1.14 bits per heavy atom. The molecular weight excluding hydrogens is 276 g/mol. The summed E-state index contributed by atoms with van der Waals surface area (Å²) < 4.78 is 17.4. The Labute approximate surface area is 124 Å². The molecule has 0 saturated heterocycles. The fourth-order valence-corrected chi connectivity index (χ4v) is 1.97. The summed E-state index contributed by atoms with van der Waals surface area (Å²) in [7, 11) is 1.63. The third-order valence-corrected chi connectivity index (χ3v) is 3.11. The van der Waals surface area contributed by atoms with E-state index in [0.29, 0.717) is 39.6 Å². The van der Waals surface area contributed by atoms with E-state index in [1.54, 1.807) is 11.8 Å². The number of methoxy groups -OCH3 is 1. The molecule has 0 aromatic carbocycles. The zero-order chi connectivity index (χ0) is 15.7. The zero-order valence-corrected chi connectivity index (χ0v) is 12.9. The molecular formula is C14H24N2O5. The number of nitrogens with zero attached hydrogens (tertiary/aromatic N) is 2. The minimum Gasteiger partial charge on any atom is -0.481 e. The molecule has 0 atom stereocenters. The van der Waals surface area contributed by atoms with Gasteiger partial charge in [0, 0.05) is 18.4 Å². The highest BCUT2D eigenvalue weighted by Crippen LogP contribution is 2.13. The van der Waals surface area contributed by atoms with Crippen LogP contribution in [0.3, 0.4) is 0 Å². The Bertz CT molecular complexity index is 445. The molecule has 0 radical (unpaired) electrons. The van der Waals surface area contributed by atoms with Crippen LogP contribution in [0.2, 0.25) is 0 Å². The average molecular weight is 300 g/mol. The van der Waals surface area contributed by atoms with Crippen LogP contribution >= 0.6 is 0 Å². The average Bonchev–Trinajstić information content (AvgIpc) is 2.69. The van der Waals surface area contributed by atoms with Crippen LogP contribution < -0.4 is 0 Å². The lowest BCUT2D eigenvalue weighted by Gasteiger charge is -2.07. The lowest BCUT2D eigenvalue weighted by atomic mass is 10.1. The van der Waals surface area contributed by atoms with Crippen molar-refractivity contribution in [3.8, 4) is 0 Å². The second-order valence-corrected chi connectivity index (χ2v) is 4.66. The minimum atomic E-state index is -0.842. The van der Waals surface area contributed by atoms with Gasteiger partial charge in [0.1, 0.15) is 0 Å². The monoisotopic (exact) mass is 300 g/mol. The number of carbonyl (C=O) groups is 1. The van der Waals surface area contributed by atoms with Gasteiger partial charge >= 0.3 is 5.97 Å². The van der Waals surface area contributed by atoms with Gasteiger partial charge in [0.25, 0.3) is 0 Å². The molecule has 0 spiro atoms. The number of hydrogen-bond donors (Lipinski definition) is 1. The Kier molecular flexibility index (Phi) is 7.96. The zero-order valence-electron chi connectivity index (χ0n) is 12.9. The molecule has 120 valence electrons. The van der Waals surface area contributed by atoms with Gasteiger partial charge in [0.15, 0.2) is 0 Å². The van der Waals surface area contributed by atoms with Gasteiger partial charge in [-0.2, -0.15) is 5.10 Å². The van der Waals surface area contributed by atoms with Crippen molar-refractivity contribution in [3.05, 3.63) is 17.0 Å². The van der Waals surface area contributed by atoms with Crippen LogP contribution in [-0.2, 0) is 32.0 Å². The number of carboxylic acid groups (broad SMARTS) is 1. The second-order valence-electron chi connectivity index (χ2n) is 4.66. The fourth-order valence-electron chi connectivity index (χ4n) is 1.97. The summed E-state index contributed by atoms with van der Waals surface area (Å²) in [5.74, 6) is -0.842. The third kappa shape index (κ3) is 6.24. The molecule has 1 aromatic heterocycles. The van der Waals surface area contributed by atoms with Gasteiger partial charge in [-0.25, -0.2) is 0 Å². The molecule has 0 aliphatic carbocycles. The predicted octanol–water partition coefficient (Wildman–Crippen LogP) is 0.807. The first-order valence-electron chi connectivity index (χ1n) is 6.95. The van der Waals surface area contributed by atoms with Crippen molar-refractivity contribution in [1.82, 2.24) is 9.78 Å². The van der Waals surface area contributed by atoms with Crippen molar-refractivity contribution in [1.29, 1.82) is 0 Å². The molecule has 0 amide bonds. The maximum absolute atomic E-state index is 10.8. The fraction of sp³-hybridized carbons (Fsp3) is 0.714. The lowest BCUT2D eigenvalue weighted by Crippen LogP contribution is -2.13. The molecule has 1 aromatic rings. The Hall–Kier alpha value is -1.44. The van der Waals surface area contributed by atoms with Crippen molar-refractivity contribution < 1.29 is 24.1 Å². The van der Waals surface area contributed by atoms with E-state index in [1.807, 2.05) is 13.8 Å². The number of aromatic nitrogens is 2.